The molecule has 0 saturated heterocycles. The zero-order valence-electron chi connectivity index (χ0n) is 12.9. The van der Waals surface area contributed by atoms with Crippen LogP contribution in [0.15, 0.2) is 24.3 Å². The molecule has 1 aromatic rings. The van der Waals surface area contributed by atoms with Gasteiger partial charge in [-0.15, -0.1) is 0 Å². The van der Waals surface area contributed by atoms with Crippen LogP contribution in [-0.2, 0) is 6.42 Å². The Kier molecular flexibility index (Phi) is 3.75. The number of benzene rings is 1. The number of hydrogen-bond acceptors (Lipinski definition) is 1. The summed E-state index contributed by atoms with van der Waals surface area (Å²) in [5.41, 5.74) is 1.28. The van der Waals surface area contributed by atoms with Crippen molar-refractivity contribution in [2.24, 2.45) is 23.7 Å². The van der Waals surface area contributed by atoms with E-state index in [0.29, 0.717) is 6.04 Å². The normalized spacial score (nSPS) is 38.7. The Morgan fingerprint density at radius 3 is 2.81 bits per heavy atom. The third kappa shape index (κ3) is 2.53. The average Bonchev–Trinajstić information content (AvgIpc) is 3.13. The predicted molar refractivity (Wildman–Crippen MR) is 88.6 cm³/mol. The summed E-state index contributed by atoms with van der Waals surface area (Å²) in [7, 11) is 0. The highest BCUT2D eigenvalue weighted by atomic mass is 35.5. The van der Waals surface area contributed by atoms with Gasteiger partial charge in [0.25, 0.3) is 0 Å². The first-order valence-corrected chi connectivity index (χ1v) is 9.09. The number of nitrogens with one attached hydrogen (secondary N) is 1. The first-order valence-electron chi connectivity index (χ1n) is 8.72. The van der Waals surface area contributed by atoms with Crippen molar-refractivity contribution in [3.05, 3.63) is 34.9 Å². The minimum atomic E-state index is 0.522. The fourth-order valence-electron chi connectivity index (χ4n) is 5.68. The van der Waals surface area contributed by atoms with E-state index in [2.05, 4.69) is 24.4 Å². The maximum atomic E-state index is 6.29. The van der Waals surface area contributed by atoms with E-state index in [1.54, 1.807) is 0 Å². The fraction of sp³-hybridized carbons (Fsp3) is 0.684. The standard InChI is InChI=1S/C19H26ClN/c1-12(9-13-5-2-3-8-18(13)20)21-19-11-14-10-17(19)16-7-4-6-15(14)16/h2-3,5,8,12,14-17,19,21H,4,6-7,9-11H2,1H3. The van der Waals surface area contributed by atoms with Crippen molar-refractivity contribution in [1.29, 1.82) is 0 Å². The van der Waals surface area contributed by atoms with Gasteiger partial charge in [-0.25, -0.2) is 0 Å². The molecule has 3 aliphatic carbocycles. The van der Waals surface area contributed by atoms with E-state index in [1.807, 2.05) is 12.1 Å². The zero-order valence-corrected chi connectivity index (χ0v) is 13.7. The van der Waals surface area contributed by atoms with Gasteiger partial charge < -0.3 is 5.32 Å². The molecule has 3 fully saturated rings. The molecule has 0 aromatic heterocycles. The quantitative estimate of drug-likeness (QED) is 0.851. The van der Waals surface area contributed by atoms with E-state index < -0.39 is 0 Å². The van der Waals surface area contributed by atoms with Gasteiger partial charge in [0.1, 0.15) is 0 Å². The third-order valence-electron chi connectivity index (χ3n) is 6.41. The van der Waals surface area contributed by atoms with Crippen LogP contribution in [0.5, 0.6) is 0 Å². The Morgan fingerprint density at radius 2 is 1.95 bits per heavy atom. The van der Waals surface area contributed by atoms with Crippen molar-refractivity contribution in [1.82, 2.24) is 5.32 Å². The van der Waals surface area contributed by atoms with E-state index in [9.17, 15) is 0 Å². The second-order valence-electron chi connectivity index (χ2n) is 7.62. The van der Waals surface area contributed by atoms with Gasteiger partial charge in [-0.1, -0.05) is 36.2 Å². The van der Waals surface area contributed by atoms with E-state index in [4.69, 9.17) is 11.6 Å². The Hall–Kier alpha value is -0.530. The highest BCUT2D eigenvalue weighted by molar-refractivity contribution is 6.31. The summed E-state index contributed by atoms with van der Waals surface area (Å²) >= 11 is 6.29. The summed E-state index contributed by atoms with van der Waals surface area (Å²) in [4.78, 5) is 0. The summed E-state index contributed by atoms with van der Waals surface area (Å²) in [6, 6.07) is 9.56. The lowest BCUT2D eigenvalue weighted by atomic mass is 9.79. The second kappa shape index (κ2) is 5.59. The first-order chi connectivity index (χ1) is 10.2. The van der Waals surface area contributed by atoms with Crippen molar-refractivity contribution < 1.29 is 0 Å². The van der Waals surface area contributed by atoms with Crippen molar-refractivity contribution in [3.8, 4) is 0 Å². The molecule has 1 nitrogen and oxygen atoms in total. The first kappa shape index (κ1) is 14.1. The maximum Gasteiger partial charge on any atom is 0.0438 e. The molecule has 0 spiro atoms. The molecular weight excluding hydrogens is 278 g/mol. The van der Waals surface area contributed by atoms with Gasteiger partial charge in [0, 0.05) is 17.1 Å². The largest absolute Gasteiger partial charge is 0.311 e. The summed E-state index contributed by atoms with van der Waals surface area (Å²) in [5.74, 6) is 4.14. The molecule has 0 heterocycles. The Morgan fingerprint density at radius 1 is 1.14 bits per heavy atom. The van der Waals surface area contributed by atoms with Crippen LogP contribution in [0.4, 0.5) is 0 Å². The molecule has 0 aliphatic heterocycles. The lowest BCUT2D eigenvalue weighted by molar-refractivity contribution is 0.199. The number of fused-ring (bicyclic) bond motifs is 5. The van der Waals surface area contributed by atoms with Gasteiger partial charge in [-0.2, -0.15) is 0 Å². The topological polar surface area (TPSA) is 12.0 Å². The van der Waals surface area contributed by atoms with Gasteiger partial charge in [-0.05, 0) is 74.3 Å². The van der Waals surface area contributed by atoms with Gasteiger partial charge in [0.2, 0.25) is 0 Å². The summed E-state index contributed by atoms with van der Waals surface area (Å²) in [5, 5.41) is 4.85. The van der Waals surface area contributed by atoms with Gasteiger partial charge in [0.05, 0.1) is 0 Å². The van der Waals surface area contributed by atoms with E-state index in [-0.39, 0.29) is 0 Å². The van der Waals surface area contributed by atoms with E-state index in [1.165, 1.54) is 37.7 Å². The second-order valence-corrected chi connectivity index (χ2v) is 8.03. The molecule has 0 amide bonds. The smallest absolute Gasteiger partial charge is 0.0438 e. The minimum absolute atomic E-state index is 0.522. The predicted octanol–water partition coefficient (Wildman–Crippen LogP) is 4.69. The van der Waals surface area contributed by atoms with Crippen LogP contribution >= 0.6 is 11.6 Å². The van der Waals surface area contributed by atoms with Crippen LogP contribution < -0.4 is 5.32 Å². The van der Waals surface area contributed by atoms with Crippen molar-refractivity contribution in [3.63, 3.8) is 0 Å². The molecule has 6 atom stereocenters. The molecule has 0 radical (unpaired) electrons. The monoisotopic (exact) mass is 303 g/mol. The number of hydrogen-bond donors (Lipinski definition) is 1. The fourth-order valence-corrected chi connectivity index (χ4v) is 5.89. The van der Waals surface area contributed by atoms with Crippen molar-refractivity contribution in [2.75, 3.05) is 0 Å². The average molecular weight is 304 g/mol. The molecule has 114 valence electrons. The van der Waals surface area contributed by atoms with E-state index >= 15 is 0 Å². The maximum absolute atomic E-state index is 6.29. The van der Waals surface area contributed by atoms with Crippen LogP contribution in [0, 0.1) is 23.7 Å². The highest BCUT2D eigenvalue weighted by Gasteiger charge is 2.53. The lowest BCUT2D eigenvalue weighted by Crippen LogP contribution is -2.44. The van der Waals surface area contributed by atoms with Crippen molar-refractivity contribution in [2.45, 2.75) is 57.5 Å². The molecule has 6 unspecified atom stereocenters. The molecular formula is C19H26ClN. The molecule has 3 aliphatic rings. The molecule has 2 heteroatoms. The highest BCUT2D eigenvalue weighted by Crippen LogP contribution is 2.58. The molecule has 1 N–H and O–H groups in total. The zero-order chi connectivity index (χ0) is 14.4. The third-order valence-corrected chi connectivity index (χ3v) is 6.78. The van der Waals surface area contributed by atoms with E-state index in [0.717, 1.165) is 41.2 Å². The van der Waals surface area contributed by atoms with Crippen LogP contribution in [0.25, 0.3) is 0 Å². The lowest BCUT2D eigenvalue weighted by Gasteiger charge is -2.34. The number of rotatable bonds is 4. The van der Waals surface area contributed by atoms with Gasteiger partial charge >= 0.3 is 0 Å². The minimum Gasteiger partial charge on any atom is -0.311 e. The Labute approximate surface area is 133 Å². The van der Waals surface area contributed by atoms with Crippen LogP contribution in [0.3, 0.4) is 0 Å². The molecule has 1 aromatic carbocycles. The van der Waals surface area contributed by atoms with Gasteiger partial charge in [0.15, 0.2) is 0 Å². The van der Waals surface area contributed by atoms with Gasteiger partial charge in [-0.3, -0.25) is 0 Å². The SMILES string of the molecule is CC(Cc1ccccc1Cl)NC1CC2CC1C1CCCC21. The Balaban J connectivity index is 1.38. The summed E-state index contributed by atoms with van der Waals surface area (Å²) < 4.78 is 0. The summed E-state index contributed by atoms with van der Waals surface area (Å²) in [6.45, 7) is 2.32. The van der Waals surface area contributed by atoms with Crippen LogP contribution in [0.1, 0.15) is 44.6 Å². The summed E-state index contributed by atoms with van der Waals surface area (Å²) in [6.07, 6.45) is 8.49. The molecule has 3 saturated carbocycles. The Bertz CT molecular complexity index is 514. The molecule has 2 bridgehead atoms. The molecule has 4 rings (SSSR count). The van der Waals surface area contributed by atoms with Crippen LogP contribution in [0.2, 0.25) is 5.02 Å². The number of halogens is 1. The van der Waals surface area contributed by atoms with Crippen molar-refractivity contribution >= 4 is 11.6 Å². The van der Waals surface area contributed by atoms with Crippen LogP contribution in [-0.4, -0.2) is 12.1 Å². The molecule has 21 heavy (non-hydrogen) atoms.